The van der Waals surface area contributed by atoms with E-state index < -0.39 is 0 Å². The summed E-state index contributed by atoms with van der Waals surface area (Å²) in [5.41, 5.74) is 0. The molecule has 0 aliphatic carbocycles. The number of thioether (sulfide) groups is 1. The molecular formula is C7H12N2S2. The van der Waals surface area contributed by atoms with Crippen LogP contribution in [0.5, 0.6) is 0 Å². The van der Waals surface area contributed by atoms with Gasteiger partial charge in [0.25, 0.3) is 0 Å². The predicted octanol–water partition coefficient (Wildman–Crippen LogP) is 1.84. The van der Waals surface area contributed by atoms with Gasteiger partial charge in [-0.25, -0.2) is 4.98 Å². The standard InChI is InChI=1S/C7H12N2S2/c1-2-8-3-5-10-7-9-4-6-11-7/h4,6,8H,2-3,5H2,1H3. The number of nitrogens with one attached hydrogen (secondary N) is 1. The lowest BCUT2D eigenvalue weighted by Gasteiger charge is -1.97. The fourth-order valence-corrected chi connectivity index (χ4v) is 2.27. The van der Waals surface area contributed by atoms with E-state index in [2.05, 4.69) is 17.2 Å². The first kappa shape index (κ1) is 9.03. The molecule has 0 aliphatic heterocycles. The van der Waals surface area contributed by atoms with Gasteiger partial charge in [0.15, 0.2) is 0 Å². The third-order valence-corrected chi connectivity index (χ3v) is 3.13. The van der Waals surface area contributed by atoms with Crippen molar-refractivity contribution >= 4 is 23.1 Å². The summed E-state index contributed by atoms with van der Waals surface area (Å²) in [6.45, 7) is 4.24. The predicted molar refractivity (Wildman–Crippen MR) is 51.4 cm³/mol. The first-order valence-electron chi connectivity index (χ1n) is 3.66. The minimum Gasteiger partial charge on any atom is -0.316 e. The molecule has 0 saturated heterocycles. The normalized spacial score (nSPS) is 10.3. The van der Waals surface area contributed by atoms with E-state index in [0.29, 0.717) is 0 Å². The van der Waals surface area contributed by atoms with Gasteiger partial charge < -0.3 is 5.32 Å². The van der Waals surface area contributed by atoms with E-state index in [9.17, 15) is 0 Å². The van der Waals surface area contributed by atoms with Crippen LogP contribution in [-0.4, -0.2) is 23.8 Å². The maximum atomic E-state index is 4.17. The number of hydrogen-bond acceptors (Lipinski definition) is 4. The van der Waals surface area contributed by atoms with E-state index in [1.807, 2.05) is 23.3 Å². The lowest BCUT2D eigenvalue weighted by atomic mass is 10.7. The van der Waals surface area contributed by atoms with Crippen LogP contribution in [0.3, 0.4) is 0 Å². The Bertz CT molecular complexity index is 175. The second-order valence-electron chi connectivity index (χ2n) is 2.00. The summed E-state index contributed by atoms with van der Waals surface area (Å²) in [5, 5.41) is 5.28. The maximum Gasteiger partial charge on any atom is 0.149 e. The van der Waals surface area contributed by atoms with E-state index in [0.717, 1.165) is 18.8 Å². The fourth-order valence-electron chi connectivity index (χ4n) is 0.669. The summed E-state index contributed by atoms with van der Waals surface area (Å²) in [4.78, 5) is 4.17. The Kier molecular flexibility index (Phi) is 4.58. The van der Waals surface area contributed by atoms with Crippen LogP contribution in [-0.2, 0) is 0 Å². The third-order valence-electron chi connectivity index (χ3n) is 1.16. The second-order valence-corrected chi connectivity index (χ2v) is 4.24. The third kappa shape index (κ3) is 3.74. The molecule has 0 radical (unpaired) electrons. The zero-order valence-corrected chi connectivity index (χ0v) is 8.17. The van der Waals surface area contributed by atoms with Crippen molar-refractivity contribution in [3.8, 4) is 0 Å². The van der Waals surface area contributed by atoms with Crippen LogP contribution in [0.2, 0.25) is 0 Å². The van der Waals surface area contributed by atoms with Gasteiger partial charge in [-0.3, -0.25) is 0 Å². The summed E-state index contributed by atoms with van der Waals surface area (Å²) >= 11 is 3.52. The van der Waals surface area contributed by atoms with Gasteiger partial charge in [-0.1, -0.05) is 18.7 Å². The molecule has 0 aromatic carbocycles. The van der Waals surface area contributed by atoms with Gasteiger partial charge >= 0.3 is 0 Å². The van der Waals surface area contributed by atoms with Gasteiger partial charge in [0.2, 0.25) is 0 Å². The monoisotopic (exact) mass is 188 g/mol. The van der Waals surface area contributed by atoms with Crippen molar-refractivity contribution in [3.63, 3.8) is 0 Å². The molecule has 0 spiro atoms. The Balaban J connectivity index is 2.04. The van der Waals surface area contributed by atoms with Crippen molar-refractivity contribution in [2.24, 2.45) is 0 Å². The van der Waals surface area contributed by atoms with E-state index in [-0.39, 0.29) is 0 Å². The van der Waals surface area contributed by atoms with Gasteiger partial charge in [0, 0.05) is 23.9 Å². The number of thiazole rings is 1. The van der Waals surface area contributed by atoms with Crippen LogP contribution in [0, 0.1) is 0 Å². The van der Waals surface area contributed by atoms with E-state index >= 15 is 0 Å². The van der Waals surface area contributed by atoms with E-state index in [1.54, 1.807) is 11.3 Å². The number of aromatic nitrogens is 1. The van der Waals surface area contributed by atoms with Crippen LogP contribution in [0.4, 0.5) is 0 Å². The molecule has 62 valence electrons. The Labute approximate surface area is 75.4 Å². The molecule has 0 aliphatic rings. The first-order valence-corrected chi connectivity index (χ1v) is 5.53. The molecule has 1 aromatic rings. The number of hydrogen-bond donors (Lipinski definition) is 1. The van der Waals surface area contributed by atoms with Crippen molar-refractivity contribution in [3.05, 3.63) is 11.6 Å². The van der Waals surface area contributed by atoms with Crippen molar-refractivity contribution in [2.75, 3.05) is 18.8 Å². The average Bonchev–Trinajstić information content (AvgIpc) is 2.50. The quantitative estimate of drug-likeness (QED) is 0.564. The smallest absolute Gasteiger partial charge is 0.149 e. The zero-order chi connectivity index (χ0) is 7.94. The summed E-state index contributed by atoms with van der Waals surface area (Å²) in [6, 6.07) is 0. The van der Waals surface area contributed by atoms with Crippen molar-refractivity contribution < 1.29 is 0 Å². The lowest BCUT2D eigenvalue weighted by molar-refractivity contribution is 0.768. The fraction of sp³-hybridized carbons (Fsp3) is 0.571. The topological polar surface area (TPSA) is 24.9 Å². The van der Waals surface area contributed by atoms with Gasteiger partial charge in [0.05, 0.1) is 0 Å². The van der Waals surface area contributed by atoms with E-state index in [1.165, 1.54) is 4.34 Å². The molecule has 0 bridgehead atoms. The highest BCUT2D eigenvalue weighted by atomic mass is 32.2. The molecule has 4 heteroatoms. The molecule has 2 nitrogen and oxygen atoms in total. The Hall–Kier alpha value is -0.0600. The molecule has 1 rings (SSSR count). The summed E-state index contributed by atoms with van der Waals surface area (Å²) in [7, 11) is 0. The van der Waals surface area contributed by atoms with Crippen LogP contribution in [0.25, 0.3) is 0 Å². The second kappa shape index (κ2) is 5.57. The summed E-state index contributed by atoms with van der Waals surface area (Å²) in [5.74, 6) is 1.11. The molecule has 0 saturated carbocycles. The van der Waals surface area contributed by atoms with Crippen LogP contribution >= 0.6 is 23.1 Å². The summed E-state index contributed by atoms with van der Waals surface area (Å²) < 4.78 is 1.17. The lowest BCUT2D eigenvalue weighted by Crippen LogP contribution is -2.15. The summed E-state index contributed by atoms with van der Waals surface area (Å²) in [6.07, 6.45) is 1.85. The molecule has 0 fully saturated rings. The Morgan fingerprint density at radius 1 is 1.73 bits per heavy atom. The van der Waals surface area contributed by atoms with Crippen molar-refractivity contribution in [2.45, 2.75) is 11.3 Å². The minimum atomic E-state index is 1.05. The van der Waals surface area contributed by atoms with Gasteiger partial charge in [0.1, 0.15) is 4.34 Å². The van der Waals surface area contributed by atoms with Gasteiger partial charge in [-0.2, -0.15) is 0 Å². The zero-order valence-electron chi connectivity index (χ0n) is 6.54. The van der Waals surface area contributed by atoms with Crippen LogP contribution in [0.1, 0.15) is 6.92 Å². The highest BCUT2D eigenvalue weighted by Crippen LogP contribution is 2.18. The molecule has 0 unspecified atom stereocenters. The highest BCUT2D eigenvalue weighted by Gasteiger charge is 1.93. The largest absolute Gasteiger partial charge is 0.316 e. The molecule has 1 heterocycles. The first-order chi connectivity index (χ1) is 5.43. The van der Waals surface area contributed by atoms with Crippen molar-refractivity contribution in [1.29, 1.82) is 0 Å². The Morgan fingerprint density at radius 3 is 3.27 bits per heavy atom. The molecule has 0 amide bonds. The van der Waals surface area contributed by atoms with Crippen LogP contribution in [0.15, 0.2) is 15.9 Å². The number of rotatable bonds is 5. The van der Waals surface area contributed by atoms with Gasteiger partial charge in [-0.15, -0.1) is 11.3 Å². The minimum absolute atomic E-state index is 1.05. The van der Waals surface area contributed by atoms with E-state index in [4.69, 9.17) is 0 Å². The molecule has 1 N–H and O–H groups in total. The maximum absolute atomic E-state index is 4.17. The molecule has 0 atom stereocenters. The SMILES string of the molecule is CCNCCSc1nccs1. The molecular weight excluding hydrogens is 176 g/mol. The Morgan fingerprint density at radius 2 is 2.64 bits per heavy atom. The average molecular weight is 188 g/mol. The van der Waals surface area contributed by atoms with Crippen molar-refractivity contribution in [1.82, 2.24) is 10.3 Å². The van der Waals surface area contributed by atoms with Crippen LogP contribution < -0.4 is 5.32 Å². The van der Waals surface area contributed by atoms with Gasteiger partial charge in [-0.05, 0) is 6.54 Å². The molecule has 11 heavy (non-hydrogen) atoms. The highest BCUT2D eigenvalue weighted by molar-refractivity contribution is 8.01. The molecule has 1 aromatic heterocycles. The number of nitrogens with zero attached hydrogens (tertiary/aromatic N) is 1.